The third kappa shape index (κ3) is 4.08. The van der Waals surface area contributed by atoms with Crippen LogP contribution in [0.25, 0.3) is 17.2 Å². The number of pyridine rings is 1. The summed E-state index contributed by atoms with van der Waals surface area (Å²) in [4.78, 5) is 29.3. The number of imidazole rings is 1. The van der Waals surface area contributed by atoms with Crippen LogP contribution in [-0.4, -0.2) is 73.1 Å². The highest BCUT2D eigenvalue weighted by Gasteiger charge is 2.38. The Morgan fingerprint density at radius 2 is 2.09 bits per heavy atom. The van der Waals surface area contributed by atoms with Crippen LogP contribution in [0.4, 0.5) is 15.0 Å². The van der Waals surface area contributed by atoms with Crippen LogP contribution in [0.15, 0.2) is 36.8 Å². The van der Waals surface area contributed by atoms with E-state index in [1.165, 1.54) is 4.90 Å². The molecule has 0 radical (unpaired) electrons. The molecule has 0 bridgehead atoms. The largest absolute Gasteiger partial charge is 0.365 e. The van der Waals surface area contributed by atoms with E-state index in [4.69, 9.17) is 0 Å². The smallest absolute Gasteiger partial charge is 0.321 e. The van der Waals surface area contributed by atoms with E-state index in [-0.39, 0.29) is 25.0 Å². The van der Waals surface area contributed by atoms with Gasteiger partial charge >= 0.3 is 6.03 Å². The number of anilines is 1. The number of urea groups is 1. The minimum atomic E-state index is -1.16. The molecule has 0 aromatic carbocycles. The molecular formula is C23H22FN9O. The highest BCUT2D eigenvalue weighted by molar-refractivity contribution is 5.76. The molecule has 34 heavy (non-hydrogen) atoms. The fourth-order valence-electron chi connectivity index (χ4n) is 4.55. The minimum Gasteiger partial charge on any atom is -0.365 e. The fraction of sp³-hybridized carbons (Fsp3) is 0.391. The van der Waals surface area contributed by atoms with Gasteiger partial charge in [0.05, 0.1) is 24.4 Å². The number of amides is 2. The molecule has 0 spiro atoms. The summed E-state index contributed by atoms with van der Waals surface area (Å²) in [7, 11) is 0. The van der Waals surface area contributed by atoms with Crippen molar-refractivity contribution in [1.82, 2.24) is 29.2 Å². The number of hydrogen-bond donors (Lipinski definition) is 1. The van der Waals surface area contributed by atoms with Gasteiger partial charge in [0.1, 0.15) is 35.4 Å². The quantitative estimate of drug-likeness (QED) is 0.638. The molecule has 2 aliphatic rings. The summed E-state index contributed by atoms with van der Waals surface area (Å²) in [5.41, 5.74) is 1.85. The summed E-state index contributed by atoms with van der Waals surface area (Å²) < 4.78 is 15.6. The molecule has 3 aromatic rings. The molecule has 3 unspecified atom stereocenters. The first-order valence-corrected chi connectivity index (χ1v) is 11.1. The molecule has 5 rings (SSSR count). The minimum absolute atomic E-state index is 0.0340. The number of nitriles is 2. The van der Waals surface area contributed by atoms with Crippen molar-refractivity contribution in [2.75, 3.05) is 25.0 Å². The number of halogens is 1. The number of hydrogen-bond acceptors (Lipinski definition) is 7. The van der Waals surface area contributed by atoms with Crippen molar-refractivity contribution < 1.29 is 9.18 Å². The van der Waals surface area contributed by atoms with Gasteiger partial charge in [0.25, 0.3) is 0 Å². The summed E-state index contributed by atoms with van der Waals surface area (Å²) in [5, 5.41) is 21.9. The average molecular weight is 459 g/mol. The van der Waals surface area contributed by atoms with Gasteiger partial charge < -0.3 is 15.1 Å². The van der Waals surface area contributed by atoms with Crippen LogP contribution >= 0.6 is 0 Å². The highest BCUT2D eigenvalue weighted by Crippen LogP contribution is 2.24. The summed E-state index contributed by atoms with van der Waals surface area (Å²) in [6.07, 6.45) is 5.55. The number of rotatable bonds is 3. The summed E-state index contributed by atoms with van der Waals surface area (Å²) >= 11 is 0. The molecule has 2 fully saturated rings. The third-order valence-corrected chi connectivity index (χ3v) is 6.21. The Hall–Kier alpha value is -4.25. The van der Waals surface area contributed by atoms with E-state index in [0.29, 0.717) is 41.6 Å². The van der Waals surface area contributed by atoms with Crippen LogP contribution in [0.2, 0.25) is 0 Å². The summed E-state index contributed by atoms with van der Waals surface area (Å²) in [6.45, 7) is 0.972. The summed E-state index contributed by atoms with van der Waals surface area (Å²) in [5.74, 6) is 1.06. The Labute approximate surface area is 195 Å². The van der Waals surface area contributed by atoms with Gasteiger partial charge in [0.2, 0.25) is 0 Å². The second kappa shape index (κ2) is 8.94. The Balaban J connectivity index is 1.31. The zero-order valence-corrected chi connectivity index (χ0v) is 18.3. The number of aromatic nitrogens is 4. The van der Waals surface area contributed by atoms with Gasteiger partial charge in [-0.3, -0.25) is 4.40 Å². The Bertz CT molecular complexity index is 1310. The molecule has 3 atom stereocenters. The molecule has 1 N–H and O–H groups in total. The van der Waals surface area contributed by atoms with Gasteiger partial charge in [0, 0.05) is 37.9 Å². The predicted molar refractivity (Wildman–Crippen MR) is 120 cm³/mol. The average Bonchev–Trinajstić information content (AvgIpc) is 3.46. The molecule has 0 aliphatic carbocycles. The molecule has 3 aromatic heterocycles. The summed E-state index contributed by atoms with van der Waals surface area (Å²) in [6, 6.07) is 8.33. The first-order chi connectivity index (χ1) is 16.6. The van der Waals surface area contributed by atoms with Crippen LogP contribution in [0.1, 0.15) is 24.8 Å². The number of carbonyl (C=O) groups excluding carboxylic acids is 1. The second-order valence-corrected chi connectivity index (χ2v) is 8.51. The topological polar surface area (TPSA) is 126 Å². The molecule has 5 heterocycles. The lowest BCUT2D eigenvalue weighted by atomic mass is 10.1. The molecule has 172 valence electrons. The second-order valence-electron chi connectivity index (χ2n) is 8.51. The van der Waals surface area contributed by atoms with Crippen molar-refractivity contribution >= 4 is 17.5 Å². The first-order valence-electron chi connectivity index (χ1n) is 11.1. The number of carbonyl (C=O) groups is 1. The van der Waals surface area contributed by atoms with Crippen LogP contribution < -0.4 is 5.32 Å². The Kier molecular flexibility index (Phi) is 5.68. The van der Waals surface area contributed by atoms with Crippen molar-refractivity contribution in [3.63, 3.8) is 0 Å². The van der Waals surface area contributed by atoms with E-state index in [1.54, 1.807) is 46.1 Å². The van der Waals surface area contributed by atoms with Crippen LogP contribution in [0, 0.1) is 22.7 Å². The molecule has 2 saturated heterocycles. The number of nitrogens with one attached hydrogen (secondary N) is 1. The first kappa shape index (κ1) is 21.6. The normalized spacial score (nSPS) is 22.4. The van der Waals surface area contributed by atoms with Gasteiger partial charge in [-0.15, -0.1) is 0 Å². The van der Waals surface area contributed by atoms with Crippen molar-refractivity contribution in [1.29, 1.82) is 10.5 Å². The fourth-order valence-corrected chi connectivity index (χ4v) is 4.55. The van der Waals surface area contributed by atoms with Gasteiger partial charge in [-0.05, 0) is 31.0 Å². The lowest BCUT2D eigenvalue weighted by molar-refractivity contribution is 0.140. The molecule has 11 heteroatoms. The zero-order valence-electron chi connectivity index (χ0n) is 18.3. The van der Waals surface area contributed by atoms with Gasteiger partial charge in [0.15, 0.2) is 5.82 Å². The van der Waals surface area contributed by atoms with Crippen LogP contribution in [-0.2, 0) is 0 Å². The Morgan fingerprint density at radius 3 is 2.91 bits per heavy atom. The van der Waals surface area contributed by atoms with E-state index >= 15 is 0 Å². The SMILES string of the molecule is N#Cc1ccc2ncc(-c3nccc(NC4CCCN(C(=O)N5CC(F)CC5C#N)C4)n3)n2c1. The van der Waals surface area contributed by atoms with E-state index in [9.17, 15) is 19.7 Å². The molecular weight excluding hydrogens is 437 g/mol. The zero-order chi connectivity index (χ0) is 23.7. The maximum atomic E-state index is 13.8. The predicted octanol–water partition coefficient (Wildman–Crippen LogP) is 2.60. The molecule has 2 aliphatic heterocycles. The van der Waals surface area contributed by atoms with E-state index in [2.05, 4.69) is 26.3 Å². The van der Waals surface area contributed by atoms with Crippen LogP contribution in [0.5, 0.6) is 0 Å². The number of piperidine rings is 1. The van der Waals surface area contributed by atoms with Gasteiger partial charge in [-0.25, -0.2) is 24.1 Å². The monoisotopic (exact) mass is 459 g/mol. The van der Waals surface area contributed by atoms with E-state index < -0.39 is 12.2 Å². The van der Waals surface area contributed by atoms with Crippen molar-refractivity contribution in [2.45, 2.75) is 37.5 Å². The van der Waals surface area contributed by atoms with Gasteiger partial charge in [-0.1, -0.05) is 0 Å². The lowest BCUT2D eigenvalue weighted by Gasteiger charge is -2.36. The molecule has 10 nitrogen and oxygen atoms in total. The van der Waals surface area contributed by atoms with E-state index in [0.717, 1.165) is 12.8 Å². The van der Waals surface area contributed by atoms with Crippen LogP contribution in [0.3, 0.4) is 0 Å². The van der Waals surface area contributed by atoms with E-state index in [1.807, 2.05) is 6.07 Å². The molecule has 2 amide bonds. The number of nitrogens with zero attached hydrogens (tertiary/aromatic N) is 8. The lowest BCUT2D eigenvalue weighted by Crippen LogP contribution is -2.51. The van der Waals surface area contributed by atoms with Gasteiger partial charge in [-0.2, -0.15) is 10.5 Å². The maximum absolute atomic E-state index is 13.8. The number of likely N-dealkylation sites (tertiary alicyclic amines) is 2. The third-order valence-electron chi connectivity index (χ3n) is 6.21. The van der Waals surface area contributed by atoms with Crippen molar-refractivity contribution in [3.8, 4) is 23.7 Å². The number of alkyl halides is 1. The maximum Gasteiger partial charge on any atom is 0.321 e. The Morgan fingerprint density at radius 1 is 1.21 bits per heavy atom. The molecule has 0 saturated carbocycles. The van der Waals surface area contributed by atoms with Crippen molar-refractivity contribution in [2.24, 2.45) is 0 Å². The van der Waals surface area contributed by atoms with Crippen molar-refractivity contribution in [3.05, 3.63) is 42.4 Å². The number of fused-ring (bicyclic) bond motifs is 1. The standard InChI is InChI=1S/C23H22FN9O/c24-16-8-18(10-26)32(13-16)23(34)31-7-1-2-17(14-31)29-20-5-6-27-22(30-20)19-11-28-21-4-3-15(9-25)12-33(19)21/h3-6,11-12,16-18H,1-2,7-8,13-14H2,(H,27,29,30). The highest BCUT2D eigenvalue weighted by atomic mass is 19.1.